The molecule has 10 N–H and O–H groups in total. The SMILES string of the molecule is Nc1cccc(N)[n+]1OC(O)C(=O)C(=O)C(O)O[n+]1c(N)cccc1N. The number of ketones is 2. The first-order valence-corrected chi connectivity index (χ1v) is 7.13. The molecule has 0 amide bonds. The molecule has 2 heterocycles. The second-order valence-corrected chi connectivity index (χ2v) is 4.98. The first-order valence-electron chi connectivity index (χ1n) is 7.13. The smallest absolute Gasteiger partial charge is 0.306 e. The summed E-state index contributed by atoms with van der Waals surface area (Å²) in [6.07, 6.45) is -4.60. The molecule has 0 aromatic carbocycles. The highest BCUT2D eigenvalue weighted by Gasteiger charge is 2.35. The quantitative estimate of drug-likeness (QED) is 0.159. The first-order chi connectivity index (χ1) is 12.2. The van der Waals surface area contributed by atoms with Gasteiger partial charge in [-0.1, -0.05) is 0 Å². The number of hydrogen-bond donors (Lipinski definition) is 6. The van der Waals surface area contributed by atoms with Crippen molar-refractivity contribution in [1.82, 2.24) is 0 Å². The van der Waals surface area contributed by atoms with Crippen LogP contribution in [0.4, 0.5) is 23.3 Å². The Morgan fingerprint density at radius 1 is 0.731 bits per heavy atom. The fraction of sp³-hybridized carbons (Fsp3) is 0.143. The van der Waals surface area contributed by atoms with Crippen LogP contribution in [0.25, 0.3) is 0 Å². The topological polar surface area (TPSA) is 205 Å². The van der Waals surface area contributed by atoms with Gasteiger partial charge in [-0.3, -0.25) is 9.59 Å². The van der Waals surface area contributed by atoms with E-state index in [1.54, 1.807) is 0 Å². The zero-order valence-electron chi connectivity index (χ0n) is 13.4. The zero-order chi connectivity index (χ0) is 19.4. The van der Waals surface area contributed by atoms with Crippen LogP contribution in [-0.2, 0) is 9.59 Å². The van der Waals surface area contributed by atoms with Gasteiger partial charge in [-0.25, -0.2) is 0 Å². The van der Waals surface area contributed by atoms with E-state index in [2.05, 4.69) is 0 Å². The standard InChI is InChI=1S/C14H16N6O6/c15-7-3-1-4-8(16)19(7)25-13(23)11(21)12(22)14(24)26-20-9(17)5-2-6-10(20)18/h1-6,13-14,23-24H,(H6,15,16,17,18)/p+2. The largest absolute Gasteiger partial charge is 0.349 e. The van der Waals surface area contributed by atoms with Crippen molar-refractivity contribution >= 4 is 34.8 Å². The molecule has 2 rings (SSSR count). The number of carbonyl (C=O) groups excluding carboxylic acids is 2. The number of hydrogen-bond acceptors (Lipinski definition) is 10. The van der Waals surface area contributed by atoms with Crippen molar-refractivity contribution in [1.29, 1.82) is 0 Å². The molecule has 12 heteroatoms. The summed E-state index contributed by atoms with van der Waals surface area (Å²) in [7, 11) is 0. The molecule has 0 aliphatic carbocycles. The Hall–Kier alpha value is -3.64. The van der Waals surface area contributed by atoms with E-state index in [9.17, 15) is 19.8 Å². The highest BCUT2D eigenvalue weighted by Crippen LogP contribution is 2.01. The lowest BCUT2D eigenvalue weighted by Gasteiger charge is -2.15. The average Bonchev–Trinajstić information content (AvgIpc) is 2.60. The van der Waals surface area contributed by atoms with Gasteiger partial charge in [0.2, 0.25) is 0 Å². The predicted molar refractivity (Wildman–Crippen MR) is 86.1 cm³/mol. The monoisotopic (exact) mass is 366 g/mol. The average molecular weight is 366 g/mol. The van der Waals surface area contributed by atoms with Gasteiger partial charge in [0.1, 0.15) is 0 Å². The van der Waals surface area contributed by atoms with Gasteiger partial charge in [0.15, 0.2) is 0 Å². The van der Waals surface area contributed by atoms with E-state index in [1.165, 1.54) is 36.4 Å². The summed E-state index contributed by atoms with van der Waals surface area (Å²) in [4.78, 5) is 33.6. The Morgan fingerprint density at radius 3 is 1.27 bits per heavy atom. The normalized spacial score (nSPS) is 12.8. The van der Waals surface area contributed by atoms with Crippen LogP contribution < -0.4 is 42.1 Å². The second kappa shape index (κ2) is 7.50. The third-order valence-corrected chi connectivity index (χ3v) is 3.11. The minimum absolute atomic E-state index is 0.0403. The summed E-state index contributed by atoms with van der Waals surface area (Å²) in [6, 6.07) is 8.53. The fourth-order valence-electron chi connectivity index (χ4n) is 1.84. The lowest BCUT2D eigenvalue weighted by molar-refractivity contribution is -0.881. The molecule has 2 aromatic heterocycles. The molecule has 2 atom stereocenters. The second-order valence-electron chi connectivity index (χ2n) is 4.98. The minimum atomic E-state index is -2.30. The van der Waals surface area contributed by atoms with Gasteiger partial charge in [-0.2, -0.15) is 0 Å². The Labute approximate surface area is 146 Å². The highest BCUT2D eigenvalue weighted by atomic mass is 16.7. The molecule has 0 saturated carbocycles. The molecule has 26 heavy (non-hydrogen) atoms. The van der Waals surface area contributed by atoms with E-state index in [4.69, 9.17) is 32.6 Å². The molecule has 0 radical (unpaired) electrons. The van der Waals surface area contributed by atoms with Crippen molar-refractivity contribution < 1.29 is 38.9 Å². The Bertz CT molecular complexity index is 735. The van der Waals surface area contributed by atoms with E-state index >= 15 is 0 Å². The van der Waals surface area contributed by atoms with Crippen molar-refractivity contribution in [2.45, 2.75) is 12.6 Å². The summed E-state index contributed by atoms with van der Waals surface area (Å²) in [5.74, 6) is -3.19. The number of carbonyl (C=O) groups is 2. The molecule has 2 aromatic rings. The first kappa shape index (κ1) is 18.7. The van der Waals surface area contributed by atoms with Crippen LogP contribution in [-0.4, -0.2) is 34.4 Å². The van der Waals surface area contributed by atoms with Crippen LogP contribution in [0.2, 0.25) is 0 Å². The van der Waals surface area contributed by atoms with Gasteiger partial charge >= 0.3 is 12.6 Å². The maximum absolute atomic E-state index is 11.9. The lowest BCUT2D eigenvalue weighted by Crippen LogP contribution is -2.58. The third kappa shape index (κ3) is 3.88. The van der Waals surface area contributed by atoms with Crippen LogP contribution in [0.3, 0.4) is 0 Å². The number of nitrogens with zero attached hydrogens (tertiary/aromatic N) is 2. The minimum Gasteiger partial charge on any atom is -0.349 e. The van der Waals surface area contributed by atoms with Crippen molar-refractivity contribution in [3.05, 3.63) is 36.4 Å². The summed E-state index contributed by atoms with van der Waals surface area (Å²) in [5.41, 5.74) is 22.3. The van der Waals surface area contributed by atoms with Crippen molar-refractivity contribution in [3.63, 3.8) is 0 Å². The third-order valence-electron chi connectivity index (χ3n) is 3.11. The summed E-state index contributed by atoms with van der Waals surface area (Å²) >= 11 is 0. The number of anilines is 4. The Kier molecular flexibility index (Phi) is 5.39. The van der Waals surface area contributed by atoms with E-state index in [-0.39, 0.29) is 23.3 Å². The maximum atomic E-state index is 11.9. The van der Waals surface area contributed by atoms with Crippen molar-refractivity contribution in [2.75, 3.05) is 22.9 Å². The van der Waals surface area contributed by atoms with E-state index < -0.39 is 24.1 Å². The molecule has 0 fully saturated rings. The number of pyridine rings is 2. The number of nitrogen functional groups attached to an aromatic ring is 4. The Morgan fingerprint density at radius 2 is 1.00 bits per heavy atom. The molecule has 0 saturated heterocycles. The van der Waals surface area contributed by atoms with Crippen molar-refractivity contribution in [2.24, 2.45) is 0 Å². The molecule has 138 valence electrons. The van der Waals surface area contributed by atoms with Crippen LogP contribution in [0.1, 0.15) is 0 Å². The van der Waals surface area contributed by atoms with Crippen LogP contribution in [0, 0.1) is 0 Å². The Balaban J connectivity index is 2.09. The van der Waals surface area contributed by atoms with Gasteiger partial charge in [-0.15, -0.1) is 0 Å². The maximum Gasteiger partial charge on any atom is 0.306 e. The summed E-state index contributed by atoms with van der Waals surface area (Å²) in [6.45, 7) is 0. The van der Waals surface area contributed by atoms with E-state index in [0.717, 1.165) is 9.46 Å². The van der Waals surface area contributed by atoms with Gasteiger partial charge in [0.25, 0.3) is 34.8 Å². The van der Waals surface area contributed by atoms with E-state index in [1.807, 2.05) is 0 Å². The van der Waals surface area contributed by atoms with Gasteiger partial charge < -0.3 is 42.8 Å². The zero-order valence-corrected chi connectivity index (χ0v) is 13.4. The number of nitrogens with two attached hydrogens (primary N) is 4. The molecule has 0 aliphatic rings. The number of rotatable bonds is 7. The molecule has 0 aliphatic heterocycles. The molecular weight excluding hydrogens is 348 g/mol. The molecule has 2 unspecified atom stereocenters. The predicted octanol–water partition coefficient (Wildman–Crippen LogP) is -4.08. The van der Waals surface area contributed by atoms with Crippen LogP contribution in [0.15, 0.2) is 36.4 Å². The molecule has 0 bridgehead atoms. The summed E-state index contributed by atoms with van der Waals surface area (Å²) in [5, 5.41) is 19.5. The van der Waals surface area contributed by atoms with Crippen LogP contribution >= 0.6 is 0 Å². The van der Waals surface area contributed by atoms with Gasteiger partial charge in [-0.05, 0) is 21.6 Å². The number of Topliss-reactive ketones (excluding diaryl/α,β-unsaturated/α-hetero) is 2. The summed E-state index contributed by atoms with van der Waals surface area (Å²) < 4.78 is 1.48. The molecular formula is C14H18N6O6+2. The lowest BCUT2D eigenvalue weighted by atomic mass is 10.2. The van der Waals surface area contributed by atoms with Crippen LogP contribution in [0.5, 0.6) is 0 Å². The van der Waals surface area contributed by atoms with Gasteiger partial charge in [0.05, 0.1) is 0 Å². The fourth-order valence-corrected chi connectivity index (χ4v) is 1.84. The molecule has 12 nitrogen and oxygen atoms in total. The number of aromatic nitrogens is 2. The van der Waals surface area contributed by atoms with Crippen molar-refractivity contribution in [3.8, 4) is 0 Å². The highest BCUT2D eigenvalue weighted by molar-refractivity contribution is 6.39. The van der Waals surface area contributed by atoms with E-state index in [0.29, 0.717) is 0 Å². The number of aliphatic hydroxyl groups is 2. The molecule has 0 spiro atoms. The number of aliphatic hydroxyl groups excluding tert-OH is 2. The van der Waals surface area contributed by atoms with Gasteiger partial charge in [0, 0.05) is 24.3 Å².